The molecule has 0 unspecified atom stereocenters. The zero-order valence-corrected chi connectivity index (χ0v) is 11.8. The summed E-state index contributed by atoms with van der Waals surface area (Å²) in [6, 6.07) is 3.74. The first-order valence-electron chi connectivity index (χ1n) is 5.57. The Bertz CT molecular complexity index is 429. The van der Waals surface area contributed by atoms with Crippen molar-refractivity contribution in [2.75, 3.05) is 11.9 Å². The third-order valence-electron chi connectivity index (χ3n) is 2.68. The summed E-state index contributed by atoms with van der Waals surface area (Å²) >= 11 is 3.03. The number of carbonyl (C=O) groups excluding carboxylic acids is 1. The van der Waals surface area contributed by atoms with E-state index in [4.69, 9.17) is 5.11 Å². The largest absolute Gasteiger partial charge is 0.396 e. The molecule has 1 rings (SSSR count). The van der Waals surface area contributed by atoms with Crippen LogP contribution in [0.1, 0.15) is 13.8 Å². The van der Waals surface area contributed by atoms with E-state index in [9.17, 15) is 9.18 Å². The van der Waals surface area contributed by atoms with E-state index in [0.29, 0.717) is 10.2 Å². The summed E-state index contributed by atoms with van der Waals surface area (Å²) < 4.78 is 13.6. The molecule has 0 fully saturated rings. The van der Waals surface area contributed by atoms with Crippen molar-refractivity contribution in [2.24, 2.45) is 5.92 Å². The van der Waals surface area contributed by atoms with Crippen LogP contribution in [0.3, 0.4) is 0 Å². The number of hydrogen-bond donors (Lipinski definition) is 3. The number of nitrogens with one attached hydrogen (secondary N) is 2. The van der Waals surface area contributed by atoms with Gasteiger partial charge in [0.25, 0.3) is 0 Å². The van der Waals surface area contributed by atoms with E-state index in [1.165, 1.54) is 12.1 Å². The minimum absolute atomic E-state index is 0.00560. The van der Waals surface area contributed by atoms with E-state index in [1.807, 2.05) is 6.92 Å². The monoisotopic (exact) mass is 318 g/mol. The molecule has 100 valence electrons. The highest BCUT2D eigenvalue weighted by Gasteiger charge is 2.14. The molecule has 3 N–H and O–H groups in total. The fourth-order valence-corrected chi connectivity index (χ4v) is 1.49. The molecule has 2 amide bonds. The van der Waals surface area contributed by atoms with E-state index in [0.717, 1.165) is 0 Å². The van der Waals surface area contributed by atoms with Crippen molar-refractivity contribution >= 4 is 27.6 Å². The zero-order valence-electron chi connectivity index (χ0n) is 10.2. The molecular weight excluding hydrogens is 303 g/mol. The van der Waals surface area contributed by atoms with Crippen molar-refractivity contribution in [3.63, 3.8) is 0 Å². The first kappa shape index (κ1) is 14.9. The highest BCUT2D eigenvalue weighted by molar-refractivity contribution is 9.10. The summed E-state index contributed by atoms with van der Waals surface area (Å²) in [5, 5.41) is 14.1. The topological polar surface area (TPSA) is 61.4 Å². The maximum Gasteiger partial charge on any atom is 0.319 e. The molecule has 0 aliphatic heterocycles. The number of halogens is 2. The SMILES string of the molecule is C[C@H](CO)[C@H](C)NC(=O)Nc1ccc(Br)c(F)c1. The van der Waals surface area contributed by atoms with Crippen molar-refractivity contribution in [1.82, 2.24) is 5.32 Å². The Morgan fingerprint density at radius 2 is 2.17 bits per heavy atom. The van der Waals surface area contributed by atoms with Gasteiger partial charge in [-0.1, -0.05) is 6.92 Å². The van der Waals surface area contributed by atoms with Gasteiger partial charge < -0.3 is 15.7 Å². The van der Waals surface area contributed by atoms with E-state index in [1.54, 1.807) is 13.0 Å². The number of urea groups is 1. The van der Waals surface area contributed by atoms with Crippen LogP contribution in [0.2, 0.25) is 0 Å². The van der Waals surface area contributed by atoms with Crippen molar-refractivity contribution in [2.45, 2.75) is 19.9 Å². The molecule has 1 aromatic carbocycles. The summed E-state index contributed by atoms with van der Waals surface area (Å²) in [5.41, 5.74) is 0.372. The first-order chi connectivity index (χ1) is 8.43. The number of benzene rings is 1. The number of carbonyl (C=O) groups is 1. The number of aliphatic hydroxyl groups is 1. The van der Waals surface area contributed by atoms with Gasteiger partial charge in [-0.3, -0.25) is 0 Å². The number of anilines is 1. The van der Waals surface area contributed by atoms with Crippen molar-refractivity contribution in [1.29, 1.82) is 0 Å². The Kier molecular flexibility index (Phi) is 5.55. The highest BCUT2D eigenvalue weighted by Crippen LogP contribution is 2.19. The molecule has 0 spiro atoms. The summed E-state index contributed by atoms with van der Waals surface area (Å²) in [5.74, 6) is -0.484. The molecule has 0 bridgehead atoms. The van der Waals surface area contributed by atoms with Crippen LogP contribution < -0.4 is 10.6 Å². The molecule has 0 aromatic heterocycles. The number of aliphatic hydroxyl groups excluding tert-OH is 1. The van der Waals surface area contributed by atoms with Crippen LogP contribution in [0.5, 0.6) is 0 Å². The van der Waals surface area contributed by atoms with Crippen molar-refractivity contribution in [3.8, 4) is 0 Å². The van der Waals surface area contributed by atoms with Gasteiger partial charge in [0.2, 0.25) is 0 Å². The molecule has 0 heterocycles. The quantitative estimate of drug-likeness (QED) is 0.799. The smallest absolute Gasteiger partial charge is 0.319 e. The lowest BCUT2D eigenvalue weighted by molar-refractivity contribution is 0.204. The average Bonchev–Trinajstić information content (AvgIpc) is 2.32. The van der Waals surface area contributed by atoms with E-state index < -0.39 is 11.8 Å². The minimum Gasteiger partial charge on any atom is -0.396 e. The number of rotatable bonds is 4. The fraction of sp³-hybridized carbons (Fsp3) is 0.417. The second-order valence-corrected chi connectivity index (χ2v) is 5.03. The average molecular weight is 319 g/mol. The third kappa shape index (κ3) is 4.27. The van der Waals surface area contributed by atoms with Gasteiger partial charge in [0.15, 0.2) is 0 Å². The second kappa shape index (κ2) is 6.70. The summed E-state index contributed by atoms with van der Waals surface area (Å²) in [7, 11) is 0. The zero-order chi connectivity index (χ0) is 13.7. The van der Waals surface area contributed by atoms with E-state index in [2.05, 4.69) is 26.6 Å². The molecule has 18 heavy (non-hydrogen) atoms. The van der Waals surface area contributed by atoms with Crippen molar-refractivity contribution < 1.29 is 14.3 Å². The molecule has 0 radical (unpaired) electrons. The van der Waals surface area contributed by atoms with Crippen LogP contribution in [0, 0.1) is 11.7 Å². The van der Waals surface area contributed by atoms with E-state index in [-0.39, 0.29) is 18.6 Å². The van der Waals surface area contributed by atoms with Gasteiger partial charge in [0.05, 0.1) is 4.47 Å². The lowest BCUT2D eigenvalue weighted by Gasteiger charge is -2.19. The minimum atomic E-state index is -0.440. The lowest BCUT2D eigenvalue weighted by Crippen LogP contribution is -2.40. The van der Waals surface area contributed by atoms with E-state index >= 15 is 0 Å². The van der Waals surface area contributed by atoms with Crippen molar-refractivity contribution in [3.05, 3.63) is 28.5 Å². The molecule has 6 heteroatoms. The van der Waals surface area contributed by atoms with Gasteiger partial charge in [0, 0.05) is 18.3 Å². The number of hydrogen-bond acceptors (Lipinski definition) is 2. The highest BCUT2D eigenvalue weighted by atomic mass is 79.9. The van der Waals surface area contributed by atoms with Crippen LogP contribution in [0.4, 0.5) is 14.9 Å². The molecule has 2 atom stereocenters. The van der Waals surface area contributed by atoms with Crippen LogP contribution in [-0.2, 0) is 0 Å². The Morgan fingerprint density at radius 1 is 1.50 bits per heavy atom. The number of amides is 2. The normalized spacial score (nSPS) is 13.8. The molecular formula is C12H16BrFN2O2. The Morgan fingerprint density at radius 3 is 2.72 bits per heavy atom. The summed E-state index contributed by atoms with van der Waals surface area (Å²) in [4.78, 5) is 11.6. The Hall–Kier alpha value is -1.14. The Labute approximate surface area is 114 Å². The van der Waals surface area contributed by atoms with Crippen LogP contribution in [0.25, 0.3) is 0 Å². The standard InChI is InChI=1S/C12H16BrFN2O2/c1-7(6-17)8(2)15-12(18)16-9-3-4-10(13)11(14)5-9/h3-5,7-8,17H,6H2,1-2H3,(H2,15,16,18)/t7-,8+/m1/s1. The predicted molar refractivity (Wildman–Crippen MR) is 72.0 cm³/mol. The molecule has 0 aliphatic carbocycles. The van der Waals surface area contributed by atoms with Gasteiger partial charge in [-0.2, -0.15) is 0 Å². The van der Waals surface area contributed by atoms with Gasteiger partial charge >= 0.3 is 6.03 Å². The predicted octanol–water partition coefficient (Wildman–Crippen LogP) is 2.73. The summed E-state index contributed by atoms with van der Waals surface area (Å²) in [6.45, 7) is 3.61. The second-order valence-electron chi connectivity index (χ2n) is 4.18. The fourth-order valence-electron chi connectivity index (χ4n) is 1.25. The van der Waals surface area contributed by atoms with Gasteiger partial charge in [0.1, 0.15) is 5.82 Å². The lowest BCUT2D eigenvalue weighted by atomic mass is 10.1. The van der Waals surface area contributed by atoms with Gasteiger partial charge in [-0.25, -0.2) is 9.18 Å². The maximum atomic E-state index is 13.2. The van der Waals surface area contributed by atoms with Crippen LogP contribution >= 0.6 is 15.9 Å². The van der Waals surface area contributed by atoms with Gasteiger partial charge in [-0.05, 0) is 47.0 Å². The molecule has 0 saturated carbocycles. The molecule has 0 aliphatic rings. The Balaban J connectivity index is 2.57. The maximum absolute atomic E-state index is 13.2. The first-order valence-corrected chi connectivity index (χ1v) is 6.36. The van der Waals surface area contributed by atoms with Crippen LogP contribution in [0.15, 0.2) is 22.7 Å². The van der Waals surface area contributed by atoms with Crippen LogP contribution in [-0.4, -0.2) is 23.8 Å². The summed E-state index contributed by atoms with van der Waals surface area (Å²) in [6.07, 6.45) is 0. The molecule has 4 nitrogen and oxygen atoms in total. The molecule has 1 aromatic rings. The third-order valence-corrected chi connectivity index (χ3v) is 3.32. The van der Waals surface area contributed by atoms with Gasteiger partial charge in [-0.15, -0.1) is 0 Å². The molecule has 0 saturated heterocycles.